The SMILES string of the molecule is CC(C)(C)CC(C)(C)c1cc2c(OCC(=O)O)c(c1)Cc1cc(C(C)(C)CC(C)(C)C)cc(c1OCc1cccc(C(=O)O)c1)Cc1cc(C(C)(C)CC(C)(C)C)cc(c1OCC(=O)O)Cc1cc(C(C)(C)CC(C)(C)C)cc(c1OCc1cccc(C(=O)O)c1)C2. The topological polar surface area (TPSA) is 186 Å². The van der Waals surface area contributed by atoms with E-state index in [1.807, 2.05) is 12.1 Å². The Labute approximate surface area is 548 Å². The molecular weight excluding hydrogens is 1150 g/mol. The lowest BCUT2D eigenvalue weighted by Gasteiger charge is -2.36. The minimum Gasteiger partial charge on any atom is -0.488 e. The van der Waals surface area contributed by atoms with E-state index in [0.29, 0.717) is 34.1 Å². The molecule has 0 atom stereocenters. The fourth-order valence-corrected chi connectivity index (χ4v) is 15.1. The zero-order valence-corrected chi connectivity index (χ0v) is 58.8. The molecule has 0 heterocycles. The highest BCUT2D eigenvalue weighted by Gasteiger charge is 2.36. The first kappa shape index (κ1) is 71.8. The molecule has 0 saturated heterocycles. The molecule has 7 rings (SSSR count). The van der Waals surface area contributed by atoms with Crippen LogP contribution in [-0.2, 0) is 70.1 Å². The lowest BCUT2D eigenvalue weighted by molar-refractivity contribution is -0.140. The summed E-state index contributed by atoms with van der Waals surface area (Å²) in [5, 5.41) is 41.6. The average molecular weight is 1260 g/mol. The lowest BCUT2D eigenvalue weighted by atomic mass is 9.70. The van der Waals surface area contributed by atoms with E-state index in [0.717, 1.165) is 92.4 Å². The van der Waals surface area contributed by atoms with E-state index >= 15 is 0 Å². The third-order valence-corrected chi connectivity index (χ3v) is 17.3. The van der Waals surface area contributed by atoms with Gasteiger partial charge in [-0.25, -0.2) is 19.2 Å². The van der Waals surface area contributed by atoms with E-state index in [4.69, 9.17) is 18.9 Å². The zero-order chi connectivity index (χ0) is 68.5. The Morgan fingerprint density at radius 3 is 0.739 bits per heavy atom. The van der Waals surface area contributed by atoms with Gasteiger partial charge in [-0.05, 0) is 171 Å². The Morgan fingerprint density at radius 2 is 0.543 bits per heavy atom. The predicted octanol–water partition coefficient (Wildman–Crippen LogP) is 18.7. The number of ether oxygens (including phenoxy) is 4. The van der Waals surface area contributed by atoms with Crippen molar-refractivity contribution in [3.63, 3.8) is 0 Å². The predicted molar refractivity (Wildman–Crippen MR) is 367 cm³/mol. The normalized spacial score (nSPS) is 13.5. The number of carboxylic acid groups (broad SMARTS) is 4. The van der Waals surface area contributed by atoms with Crippen molar-refractivity contribution >= 4 is 23.9 Å². The Bertz CT molecular complexity index is 3370. The van der Waals surface area contributed by atoms with E-state index in [1.165, 1.54) is 0 Å². The molecule has 0 unspecified atom stereocenters. The molecule has 0 spiro atoms. The van der Waals surface area contributed by atoms with Gasteiger partial charge in [-0.2, -0.15) is 0 Å². The van der Waals surface area contributed by atoms with E-state index in [9.17, 15) is 39.6 Å². The van der Waals surface area contributed by atoms with Gasteiger partial charge < -0.3 is 39.4 Å². The number of hydrogen-bond acceptors (Lipinski definition) is 8. The number of hydrogen-bond donors (Lipinski definition) is 4. The van der Waals surface area contributed by atoms with Crippen LogP contribution in [0.5, 0.6) is 23.0 Å². The van der Waals surface area contributed by atoms with E-state index < -0.39 is 58.8 Å². The maximum Gasteiger partial charge on any atom is 0.341 e. The van der Waals surface area contributed by atoms with Gasteiger partial charge in [-0.15, -0.1) is 0 Å². The molecule has 6 aromatic rings. The number of carboxylic acids is 4. The second-order valence-electron chi connectivity index (χ2n) is 33.6. The maximum absolute atomic E-state index is 13.0. The number of rotatable bonds is 22. The molecule has 0 fully saturated rings. The molecule has 496 valence electrons. The largest absolute Gasteiger partial charge is 0.488 e. The molecule has 0 amide bonds. The van der Waals surface area contributed by atoms with Crippen molar-refractivity contribution in [1.82, 2.24) is 0 Å². The highest BCUT2D eigenvalue weighted by atomic mass is 16.5. The first-order valence-electron chi connectivity index (χ1n) is 32.5. The van der Waals surface area contributed by atoms with Crippen LogP contribution < -0.4 is 18.9 Å². The van der Waals surface area contributed by atoms with Crippen LogP contribution in [0.2, 0.25) is 0 Å². The molecular formula is C80H104O12. The minimum absolute atomic E-state index is 0.00365. The third kappa shape index (κ3) is 19.3. The van der Waals surface area contributed by atoms with E-state index in [-0.39, 0.29) is 71.7 Å². The second kappa shape index (κ2) is 27.2. The summed E-state index contributed by atoms with van der Waals surface area (Å²) < 4.78 is 28.0. The first-order valence-corrected chi connectivity index (χ1v) is 32.5. The molecule has 92 heavy (non-hydrogen) atoms. The molecule has 12 heteroatoms. The molecule has 1 aliphatic rings. The zero-order valence-electron chi connectivity index (χ0n) is 58.8. The Hall–Kier alpha value is -7.60. The van der Waals surface area contributed by atoms with Crippen molar-refractivity contribution in [3.05, 3.63) is 186 Å². The first-order chi connectivity index (χ1) is 42.3. The molecule has 8 bridgehead atoms. The lowest BCUT2D eigenvalue weighted by Crippen LogP contribution is -2.26. The number of aromatic carboxylic acids is 2. The molecule has 12 nitrogen and oxygen atoms in total. The van der Waals surface area contributed by atoms with Crippen LogP contribution in [0, 0.1) is 21.7 Å². The minimum atomic E-state index is -1.14. The monoisotopic (exact) mass is 1260 g/mol. The van der Waals surface area contributed by atoms with Crippen LogP contribution >= 0.6 is 0 Å². The quantitative estimate of drug-likeness (QED) is 0.0504. The summed E-state index contributed by atoms with van der Waals surface area (Å²) >= 11 is 0. The molecule has 4 N–H and O–H groups in total. The summed E-state index contributed by atoms with van der Waals surface area (Å²) in [6.07, 6.45) is 4.00. The van der Waals surface area contributed by atoms with Gasteiger partial charge in [0.15, 0.2) is 13.2 Å². The molecule has 0 aliphatic heterocycles. The van der Waals surface area contributed by atoms with Crippen molar-refractivity contribution in [1.29, 1.82) is 0 Å². The average Bonchev–Trinajstić information content (AvgIpc) is 0.765. The van der Waals surface area contributed by atoms with Crippen molar-refractivity contribution < 1.29 is 58.6 Å². The van der Waals surface area contributed by atoms with Crippen LogP contribution in [-0.4, -0.2) is 57.5 Å². The van der Waals surface area contributed by atoms with E-state index in [1.54, 1.807) is 36.4 Å². The fourth-order valence-electron chi connectivity index (χ4n) is 15.1. The van der Waals surface area contributed by atoms with Crippen molar-refractivity contribution in [2.75, 3.05) is 13.2 Å². The van der Waals surface area contributed by atoms with Gasteiger partial charge >= 0.3 is 23.9 Å². The number of carbonyl (C=O) groups is 4. The standard InChI is InChI=1S/C80H104O12/c1-73(2,3)45-77(13,14)61-33-53-29-57-37-63(79(17,18)47-75(7,8)9)39-59(69(57)91-43-65(81)82)31-55-35-62(78(15,16)46-74(4,5)6)36-56(68(55)90-42-50-24-22-26-52(28-50)72(87)88)32-60-40-64(80(19,20)48-76(10,11)12)38-58(70(60)92-44-66(83)84)30-54(34-61)67(53)89-41-49-23-21-25-51(27-49)71(85)86/h21-28,33-40H,29-32,41-48H2,1-20H3,(H,81,82)(H,83,84)(H,85,86)(H,87,88). The summed E-state index contributed by atoms with van der Waals surface area (Å²) in [7, 11) is 0. The Kier molecular flexibility index (Phi) is 21.2. The highest BCUT2D eigenvalue weighted by molar-refractivity contribution is 5.88. The highest BCUT2D eigenvalue weighted by Crippen LogP contribution is 2.49. The van der Waals surface area contributed by atoms with Crippen molar-refractivity contribution in [2.24, 2.45) is 21.7 Å². The van der Waals surface area contributed by atoms with Gasteiger partial charge in [0.25, 0.3) is 0 Å². The van der Waals surface area contributed by atoms with Crippen molar-refractivity contribution in [2.45, 2.75) is 225 Å². The number of benzene rings is 6. The third-order valence-electron chi connectivity index (χ3n) is 17.3. The molecule has 0 radical (unpaired) electrons. The fraction of sp³-hybridized carbons (Fsp3) is 0.500. The summed E-state index contributed by atoms with van der Waals surface area (Å²) in [6, 6.07) is 31.0. The summed E-state index contributed by atoms with van der Waals surface area (Å²) in [5.74, 6) is -2.50. The number of aliphatic carboxylic acids is 2. The Balaban J connectivity index is 1.74. The van der Waals surface area contributed by atoms with Crippen LogP contribution in [0.15, 0.2) is 97.1 Å². The van der Waals surface area contributed by atoms with Crippen LogP contribution in [0.1, 0.15) is 263 Å². The van der Waals surface area contributed by atoms with Crippen LogP contribution in [0.3, 0.4) is 0 Å². The van der Waals surface area contributed by atoms with Gasteiger partial charge in [0.05, 0.1) is 11.1 Å². The van der Waals surface area contributed by atoms with Gasteiger partial charge in [0.2, 0.25) is 0 Å². The summed E-state index contributed by atoms with van der Waals surface area (Å²) in [5.41, 5.74) is 9.54. The Morgan fingerprint density at radius 1 is 0.326 bits per heavy atom. The van der Waals surface area contributed by atoms with Gasteiger partial charge in [-0.1, -0.05) is 211 Å². The molecule has 0 saturated carbocycles. The van der Waals surface area contributed by atoms with Crippen LogP contribution in [0.25, 0.3) is 0 Å². The van der Waals surface area contributed by atoms with Gasteiger partial charge in [0.1, 0.15) is 36.2 Å². The van der Waals surface area contributed by atoms with Crippen LogP contribution in [0.4, 0.5) is 0 Å². The van der Waals surface area contributed by atoms with E-state index in [2.05, 4.69) is 187 Å². The summed E-state index contributed by atoms with van der Waals surface area (Å²) in [4.78, 5) is 50.9. The smallest absolute Gasteiger partial charge is 0.341 e. The second-order valence-corrected chi connectivity index (χ2v) is 33.6. The van der Waals surface area contributed by atoms with Gasteiger partial charge in [-0.3, -0.25) is 0 Å². The number of fused-ring (bicyclic) bond motifs is 8. The molecule has 1 aliphatic carbocycles. The molecule has 0 aromatic heterocycles. The van der Waals surface area contributed by atoms with Crippen molar-refractivity contribution in [3.8, 4) is 23.0 Å². The molecule has 6 aromatic carbocycles. The summed E-state index contributed by atoms with van der Waals surface area (Å²) in [6.45, 7) is 43.5. The maximum atomic E-state index is 13.0. The van der Waals surface area contributed by atoms with Gasteiger partial charge in [0, 0.05) is 25.7 Å².